The Labute approximate surface area is 135 Å². The predicted molar refractivity (Wildman–Crippen MR) is 89.3 cm³/mol. The van der Waals surface area contributed by atoms with Crippen LogP contribution in [0.5, 0.6) is 0 Å². The lowest BCUT2D eigenvalue weighted by Crippen LogP contribution is -2.33. The Hall–Kier alpha value is -1.78. The second-order valence-corrected chi connectivity index (χ2v) is 6.55. The molecule has 1 saturated heterocycles. The molecule has 0 spiro atoms. The molecule has 0 bridgehead atoms. The van der Waals surface area contributed by atoms with Gasteiger partial charge in [0.2, 0.25) is 5.91 Å². The minimum Gasteiger partial charge on any atom is -0.353 e. The largest absolute Gasteiger partial charge is 0.353 e. The first kappa shape index (κ1) is 15.1. The summed E-state index contributed by atoms with van der Waals surface area (Å²) in [5.74, 6) is 0.967. The van der Waals surface area contributed by atoms with Crippen molar-refractivity contribution in [3.8, 4) is 0 Å². The van der Waals surface area contributed by atoms with Gasteiger partial charge in [-0.15, -0.1) is 11.8 Å². The zero-order valence-electron chi connectivity index (χ0n) is 12.3. The summed E-state index contributed by atoms with van der Waals surface area (Å²) < 4.78 is 5.91. The molecule has 3 rings (SSSR count). The normalized spacial score (nSPS) is 20.8. The number of rotatable bonds is 6. The van der Waals surface area contributed by atoms with Crippen LogP contribution in [0.4, 0.5) is 0 Å². The van der Waals surface area contributed by atoms with Crippen LogP contribution in [0.25, 0.3) is 0 Å². The number of nitrogens with one attached hydrogen (secondary N) is 1. The summed E-state index contributed by atoms with van der Waals surface area (Å²) in [5.41, 5.74) is 2.39. The van der Waals surface area contributed by atoms with Crippen LogP contribution in [0.1, 0.15) is 17.5 Å². The van der Waals surface area contributed by atoms with Crippen molar-refractivity contribution < 1.29 is 9.53 Å². The highest BCUT2D eigenvalue weighted by molar-refractivity contribution is 7.99. The number of amides is 1. The summed E-state index contributed by atoms with van der Waals surface area (Å²) >= 11 is 1.78. The van der Waals surface area contributed by atoms with Crippen LogP contribution in [0.3, 0.4) is 0 Å². The van der Waals surface area contributed by atoms with Crippen molar-refractivity contribution in [1.29, 1.82) is 0 Å². The zero-order chi connectivity index (χ0) is 15.2. The van der Waals surface area contributed by atoms with Gasteiger partial charge in [0.15, 0.2) is 0 Å². The molecule has 2 unspecified atom stereocenters. The van der Waals surface area contributed by atoms with E-state index < -0.39 is 0 Å². The first-order valence-electron chi connectivity index (χ1n) is 7.42. The Morgan fingerprint density at radius 3 is 2.32 bits per heavy atom. The molecule has 1 aliphatic heterocycles. The number of hydrogen-bond donors (Lipinski definition) is 1. The molecular weight excluding hydrogens is 294 g/mol. The van der Waals surface area contributed by atoms with Gasteiger partial charge in [0.05, 0.1) is 11.9 Å². The van der Waals surface area contributed by atoms with Gasteiger partial charge in [-0.05, 0) is 11.1 Å². The molecular formula is C18H19NO2S. The van der Waals surface area contributed by atoms with Crippen LogP contribution < -0.4 is 5.32 Å². The van der Waals surface area contributed by atoms with Crippen molar-refractivity contribution in [2.75, 3.05) is 0 Å². The number of carbonyl (C=O) groups is 1. The fourth-order valence-corrected chi connectivity index (χ4v) is 3.62. The molecule has 2 atom stereocenters. The van der Waals surface area contributed by atoms with E-state index in [1.165, 1.54) is 5.56 Å². The van der Waals surface area contributed by atoms with E-state index in [-0.39, 0.29) is 17.4 Å². The maximum absolute atomic E-state index is 11.7. The Morgan fingerprint density at radius 2 is 1.64 bits per heavy atom. The quantitative estimate of drug-likeness (QED) is 0.889. The maximum atomic E-state index is 11.7. The maximum Gasteiger partial charge on any atom is 0.223 e. The van der Waals surface area contributed by atoms with E-state index in [2.05, 4.69) is 17.4 Å². The third kappa shape index (κ3) is 4.12. The summed E-state index contributed by atoms with van der Waals surface area (Å²) in [7, 11) is 0. The molecule has 2 aromatic carbocycles. The van der Waals surface area contributed by atoms with Crippen molar-refractivity contribution >= 4 is 17.7 Å². The standard InChI is InChI=1S/C18H19NO2S/c20-17-11-16(22-13-15-9-5-2-6-10-15)18(19-17)21-12-14-7-3-1-4-8-14/h1-10,16,18H,11-13H2,(H,19,20). The molecule has 114 valence electrons. The summed E-state index contributed by atoms with van der Waals surface area (Å²) in [4.78, 5) is 11.7. The van der Waals surface area contributed by atoms with Crippen LogP contribution in [0, 0.1) is 0 Å². The van der Waals surface area contributed by atoms with Gasteiger partial charge < -0.3 is 10.1 Å². The van der Waals surface area contributed by atoms with Gasteiger partial charge in [-0.2, -0.15) is 0 Å². The average molecular weight is 313 g/mol. The van der Waals surface area contributed by atoms with Crippen molar-refractivity contribution in [3.63, 3.8) is 0 Å². The first-order valence-corrected chi connectivity index (χ1v) is 8.46. The number of thioether (sulfide) groups is 1. The molecule has 3 nitrogen and oxygen atoms in total. The summed E-state index contributed by atoms with van der Waals surface area (Å²) in [6.45, 7) is 0.522. The van der Waals surface area contributed by atoms with E-state index in [0.717, 1.165) is 11.3 Å². The van der Waals surface area contributed by atoms with E-state index in [9.17, 15) is 4.79 Å². The number of benzene rings is 2. The van der Waals surface area contributed by atoms with Gasteiger partial charge >= 0.3 is 0 Å². The van der Waals surface area contributed by atoms with E-state index in [0.29, 0.717) is 13.0 Å². The van der Waals surface area contributed by atoms with Crippen LogP contribution in [-0.4, -0.2) is 17.4 Å². The molecule has 0 aromatic heterocycles. The molecule has 22 heavy (non-hydrogen) atoms. The molecule has 1 fully saturated rings. The number of ether oxygens (including phenoxy) is 1. The van der Waals surface area contributed by atoms with Gasteiger partial charge in [-0.25, -0.2) is 0 Å². The fraction of sp³-hybridized carbons (Fsp3) is 0.278. The molecule has 0 saturated carbocycles. The fourth-order valence-electron chi connectivity index (χ4n) is 2.43. The lowest BCUT2D eigenvalue weighted by molar-refractivity contribution is -0.120. The molecule has 1 aliphatic rings. The highest BCUT2D eigenvalue weighted by Crippen LogP contribution is 2.28. The van der Waals surface area contributed by atoms with Gasteiger partial charge in [-0.3, -0.25) is 4.79 Å². The lowest BCUT2D eigenvalue weighted by Gasteiger charge is -2.19. The van der Waals surface area contributed by atoms with Gasteiger partial charge in [0.25, 0.3) is 0 Å². The summed E-state index contributed by atoms with van der Waals surface area (Å²) in [6, 6.07) is 20.3. The molecule has 1 heterocycles. The minimum atomic E-state index is -0.207. The highest BCUT2D eigenvalue weighted by atomic mass is 32.2. The Morgan fingerprint density at radius 1 is 1.00 bits per heavy atom. The van der Waals surface area contributed by atoms with Gasteiger partial charge in [0.1, 0.15) is 6.23 Å². The van der Waals surface area contributed by atoms with Crippen LogP contribution >= 0.6 is 11.8 Å². The monoisotopic (exact) mass is 313 g/mol. The minimum absolute atomic E-state index is 0.0728. The zero-order valence-corrected chi connectivity index (χ0v) is 13.1. The van der Waals surface area contributed by atoms with Crippen LogP contribution in [0.2, 0.25) is 0 Å². The lowest BCUT2D eigenvalue weighted by atomic mass is 10.2. The third-order valence-electron chi connectivity index (χ3n) is 3.61. The molecule has 1 N–H and O–H groups in total. The summed E-state index contributed by atoms with van der Waals surface area (Å²) in [5, 5.41) is 3.09. The second kappa shape index (κ2) is 7.47. The smallest absolute Gasteiger partial charge is 0.223 e. The molecule has 0 aliphatic carbocycles. The van der Waals surface area contributed by atoms with Crippen LogP contribution in [-0.2, 0) is 21.9 Å². The van der Waals surface area contributed by atoms with E-state index in [1.807, 2.05) is 48.5 Å². The average Bonchev–Trinajstić information content (AvgIpc) is 2.93. The van der Waals surface area contributed by atoms with Crippen molar-refractivity contribution in [3.05, 3.63) is 71.8 Å². The Bertz CT molecular complexity index is 549. The van der Waals surface area contributed by atoms with Crippen LogP contribution in [0.15, 0.2) is 60.7 Å². The van der Waals surface area contributed by atoms with E-state index >= 15 is 0 Å². The van der Waals surface area contributed by atoms with Gasteiger partial charge in [-0.1, -0.05) is 60.7 Å². The van der Waals surface area contributed by atoms with E-state index in [4.69, 9.17) is 4.74 Å². The molecule has 1 amide bonds. The number of carbonyl (C=O) groups excluding carboxylic acids is 1. The number of hydrogen-bond acceptors (Lipinski definition) is 3. The van der Waals surface area contributed by atoms with E-state index in [1.54, 1.807) is 11.8 Å². The Balaban J connectivity index is 1.54. The SMILES string of the molecule is O=C1CC(SCc2ccccc2)C(OCc2ccccc2)N1. The van der Waals surface area contributed by atoms with Crippen molar-refractivity contribution in [1.82, 2.24) is 5.32 Å². The molecule has 0 radical (unpaired) electrons. The van der Waals surface area contributed by atoms with Crippen molar-refractivity contribution in [2.45, 2.75) is 30.3 Å². The molecule has 4 heteroatoms. The molecule has 2 aromatic rings. The van der Waals surface area contributed by atoms with Gasteiger partial charge in [0, 0.05) is 12.2 Å². The topological polar surface area (TPSA) is 38.3 Å². The first-order chi connectivity index (χ1) is 10.8. The predicted octanol–water partition coefficient (Wildman–Crippen LogP) is 3.35. The Kier molecular flexibility index (Phi) is 5.14. The highest BCUT2D eigenvalue weighted by Gasteiger charge is 2.33. The summed E-state index contributed by atoms with van der Waals surface area (Å²) in [6.07, 6.45) is 0.318. The van der Waals surface area contributed by atoms with Crippen molar-refractivity contribution in [2.24, 2.45) is 0 Å². The second-order valence-electron chi connectivity index (χ2n) is 5.32. The third-order valence-corrected chi connectivity index (χ3v) is 4.95.